The highest BCUT2D eigenvalue weighted by Crippen LogP contribution is 2.23. The maximum Gasteiger partial charge on any atom is 0.252 e. The topological polar surface area (TPSA) is 70.2 Å². The molecule has 0 saturated carbocycles. The van der Waals surface area contributed by atoms with Crippen LogP contribution in [0.3, 0.4) is 0 Å². The first-order valence-corrected chi connectivity index (χ1v) is 8.86. The average Bonchev–Trinajstić information content (AvgIpc) is 2.52. The number of hydrogen-bond acceptors (Lipinski definition) is 3. The van der Waals surface area contributed by atoms with Crippen LogP contribution in [0.4, 0.5) is 5.69 Å². The summed E-state index contributed by atoms with van der Waals surface area (Å²) in [4.78, 5) is 24.5. The Morgan fingerprint density at radius 2 is 2.12 bits per heavy atom. The third kappa shape index (κ3) is 5.21. The van der Waals surface area contributed by atoms with Gasteiger partial charge in [-0.25, -0.2) is 0 Å². The molecule has 2 amide bonds. The van der Waals surface area contributed by atoms with E-state index in [2.05, 4.69) is 22.9 Å². The van der Waals surface area contributed by atoms with Gasteiger partial charge in [-0.1, -0.05) is 25.4 Å². The van der Waals surface area contributed by atoms with Crippen LogP contribution >= 0.6 is 11.6 Å². The lowest BCUT2D eigenvalue weighted by Gasteiger charge is -2.27. The number of carbonyl (C=O) groups excluding carboxylic acids is 2. The van der Waals surface area contributed by atoms with E-state index in [1.54, 1.807) is 18.2 Å². The van der Waals surface area contributed by atoms with Crippen LogP contribution in [0.5, 0.6) is 0 Å². The van der Waals surface area contributed by atoms with Gasteiger partial charge in [0.25, 0.3) is 5.91 Å². The zero-order chi connectivity index (χ0) is 17.7. The lowest BCUT2D eigenvalue weighted by atomic mass is 9.92. The Labute approximate surface area is 148 Å². The lowest BCUT2D eigenvalue weighted by Crippen LogP contribution is -2.40. The molecule has 1 aliphatic heterocycles. The van der Waals surface area contributed by atoms with Crippen molar-refractivity contribution in [3.63, 3.8) is 0 Å². The number of amides is 2. The maximum atomic E-state index is 12.4. The molecule has 3 N–H and O–H groups in total. The molecule has 0 unspecified atom stereocenters. The van der Waals surface area contributed by atoms with E-state index in [-0.39, 0.29) is 17.7 Å². The smallest absolute Gasteiger partial charge is 0.252 e. The molecule has 1 aliphatic rings. The third-order valence-electron chi connectivity index (χ3n) is 4.15. The number of rotatable bonds is 5. The van der Waals surface area contributed by atoms with Gasteiger partial charge in [-0.2, -0.15) is 0 Å². The number of piperidine rings is 1. The summed E-state index contributed by atoms with van der Waals surface area (Å²) in [6.07, 6.45) is 1.66. The van der Waals surface area contributed by atoms with Gasteiger partial charge >= 0.3 is 0 Å². The number of halogens is 1. The molecule has 0 bridgehead atoms. The number of benzene rings is 1. The molecule has 1 saturated heterocycles. The normalized spacial score (nSPS) is 20.7. The second-order valence-corrected chi connectivity index (χ2v) is 7.27. The average molecular weight is 352 g/mol. The molecule has 0 spiro atoms. The van der Waals surface area contributed by atoms with Crippen molar-refractivity contribution in [3.8, 4) is 0 Å². The summed E-state index contributed by atoms with van der Waals surface area (Å²) in [6.45, 7) is 7.60. The summed E-state index contributed by atoms with van der Waals surface area (Å²) in [5.41, 5.74) is 1.04. The molecule has 0 aromatic heterocycles. The molecule has 1 aromatic carbocycles. The van der Waals surface area contributed by atoms with Crippen molar-refractivity contribution in [2.75, 3.05) is 18.4 Å². The first kappa shape index (κ1) is 18.7. The minimum absolute atomic E-state index is 0.00837. The van der Waals surface area contributed by atoms with Crippen molar-refractivity contribution in [3.05, 3.63) is 28.8 Å². The molecule has 0 radical (unpaired) electrons. The fourth-order valence-corrected chi connectivity index (χ4v) is 3.05. The number of hydrogen-bond donors (Lipinski definition) is 3. The van der Waals surface area contributed by atoms with Crippen LogP contribution < -0.4 is 16.0 Å². The Balaban J connectivity index is 1.98. The van der Waals surface area contributed by atoms with Gasteiger partial charge in [0, 0.05) is 24.2 Å². The Kier molecular flexibility index (Phi) is 6.63. The van der Waals surface area contributed by atoms with E-state index in [1.165, 1.54) is 0 Å². The van der Waals surface area contributed by atoms with Gasteiger partial charge in [-0.05, 0) is 50.4 Å². The first-order chi connectivity index (χ1) is 11.4. The zero-order valence-electron chi connectivity index (χ0n) is 14.5. The maximum absolute atomic E-state index is 12.4. The fourth-order valence-electron chi connectivity index (χ4n) is 2.78. The van der Waals surface area contributed by atoms with Gasteiger partial charge < -0.3 is 16.0 Å². The third-order valence-corrected chi connectivity index (χ3v) is 4.46. The monoisotopic (exact) mass is 351 g/mol. The van der Waals surface area contributed by atoms with Gasteiger partial charge in [0.2, 0.25) is 5.91 Å². The number of nitrogens with one attached hydrogen (secondary N) is 3. The van der Waals surface area contributed by atoms with Crippen LogP contribution in [-0.2, 0) is 4.79 Å². The molecule has 1 heterocycles. The van der Waals surface area contributed by atoms with Crippen molar-refractivity contribution in [1.29, 1.82) is 0 Å². The van der Waals surface area contributed by atoms with Crippen molar-refractivity contribution in [1.82, 2.24) is 10.6 Å². The molecule has 1 fully saturated rings. The predicted molar refractivity (Wildman–Crippen MR) is 97.4 cm³/mol. The number of carbonyl (C=O) groups is 2. The van der Waals surface area contributed by atoms with E-state index < -0.39 is 0 Å². The molecule has 2 atom stereocenters. The van der Waals surface area contributed by atoms with Crippen molar-refractivity contribution in [2.45, 2.75) is 39.7 Å². The second-order valence-electron chi connectivity index (χ2n) is 6.86. The molecular weight excluding hydrogens is 326 g/mol. The zero-order valence-corrected chi connectivity index (χ0v) is 15.2. The molecule has 0 aliphatic carbocycles. The van der Waals surface area contributed by atoms with Gasteiger partial charge in [0.1, 0.15) is 0 Å². The first-order valence-electron chi connectivity index (χ1n) is 8.48. The van der Waals surface area contributed by atoms with Gasteiger partial charge in [0.05, 0.1) is 10.6 Å². The summed E-state index contributed by atoms with van der Waals surface area (Å²) in [5, 5.41) is 9.42. The summed E-state index contributed by atoms with van der Waals surface area (Å²) in [7, 11) is 0. The highest BCUT2D eigenvalue weighted by atomic mass is 35.5. The van der Waals surface area contributed by atoms with Crippen LogP contribution in [0.1, 0.15) is 44.0 Å². The molecule has 2 rings (SSSR count). The van der Waals surface area contributed by atoms with E-state index in [4.69, 9.17) is 11.6 Å². The van der Waals surface area contributed by atoms with Gasteiger partial charge in [-0.15, -0.1) is 0 Å². The highest BCUT2D eigenvalue weighted by Gasteiger charge is 2.24. The van der Waals surface area contributed by atoms with Crippen LogP contribution in [0.25, 0.3) is 0 Å². The molecule has 1 aromatic rings. The molecular formula is C18H26ClN3O2. The second kappa shape index (κ2) is 8.49. The molecule has 24 heavy (non-hydrogen) atoms. The van der Waals surface area contributed by atoms with Crippen LogP contribution in [0, 0.1) is 11.8 Å². The Morgan fingerprint density at radius 1 is 1.38 bits per heavy atom. The predicted octanol–water partition coefficient (Wildman–Crippen LogP) is 3.05. The van der Waals surface area contributed by atoms with Crippen molar-refractivity contribution in [2.24, 2.45) is 11.8 Å². The lowest BCUT2D eigenvalue weighted by molar-refractivity contribution is -0.120. The summed E-state index contributed by atoms with van der Waals surface area (Å²) >= 11 is 6.21. The Hall–Kier alpha value is -1.59. The molecule has 6 heteroatoms. The van der Waals surface area contributed by atoms with E-state index in [1.807, 2.05) is 13.8 Å². The van der Waals surface area contributed by atoms with Crippen LogP contribution in [0.15, 0.2) is 18.2 Å². The minimum atomic E-state index is -0.196. The van der Waals surface area contributed by atoms with Gasteiger partial charge in [-0.3, -0.25) is 9.59 Å². The summed E-state index contributed by atoms with van der Waals surface area (Å²) in [5.74, 6) is 0.197. The minimum Gasteiger partial charge on any atom is -0.352 e. The Morgan fingerprint density at radius 3 is 2.75 bits per heavy atom. The number of anilines is 1. The van der Waals surface area contributed by atoms with Gasteiger partial charge in [0.15, 0.2) is 0 Å². The van der Waals surface area contributed by atoms with Crippen molar-refractivity contribution >= 4 is 29.1 Å². The quantitative estimate of drug-likeness (QED) is 0.763. The fraction of sp³-hybridized carbons (Fsp3) is 0.556. The van der Waals surface area contributed by atoms with E-state index in [0.29, 0.717) is 34.8 Å². The largest absolute Gasteiger partial charge is 0.352 e. The Bertz CT molecular complexity index is 604. The molecule has 5 nitrogen and oxygen atoms in total. The van der Waals surface area contributed by atoms with Crippen LogP contribution in [-0.4, -0.2) is 30.9 Å². The standard InChI is InChI=1S/C18H26ClN3O2/c1-11(2)10-21-18(24)15-5-4-14(9-16(15)19)22-17(23)13-6-7-20-12(3)8-13/h4-5,9,11-13,20H,6-8,10H2,1-3H3,(H,21,24)(H,22,23)/t12-,13-/m0/s1. The summed E-state index contributed by atoms with van der Waals surface area (Å²) < 4.78 is 0. The van der Waals surface area contributed by atoms with Crippen molar-refractivity contribution < 1.29 is 9.59 Å². The van der Waals surface area contributed by atoms with E-state index >= 15 is 0 Å². The van der Waals surface area contributed by atoms with Crippen LogP contribution in [0.2, 0.25) is 5.02 Å². The summed E-state index contributed by atoms with van der Waals surface area (Å²) in [6, 6.07) is 5.36. The SMILES string of the molecule is CC(C)CNC(=O)c1ccc(NC(=O)[C@H]2CCN[C@@H](C)C2)cc1Cl. The van der Waals surface area contributed by atoms with E-state index in [9.17, 15) is 9.59 Å². The molecule has 132 valence electrons. The van der Waals surface area contributed by atoms with E-state index in [0.717, 1.165) is 19.4 Å². The highest BCUT2D eigenvalue weighted by molar-refractivity contribution is 6.34.